The summed E-state index contributed by atoms with van der Waals surface area (Å²) < 4.78 is 14.6. The molecule has 1 heterocycles. The molecule has 0 N–H and O–H groups in total. The predicted molar refractivity (Wildman–Crippen MR) is 64.6 cm³/mol. The van der Waals surface area contributed by atoms with Gasteiger partial charge in [-0.15, -0.1) is 0 Å². The van der Waals surface area contributed by atoms with Crippen molar-refractivity contribution in [1.29, 1.82) is 0 Å². The highest BCUT2D eigenvalue weighted by Gasteiger charge is 2.11. The number of hydrogen-bond donors (Lipinski definition) is 0. The molecule has 96 valence electrons. The number of thioether (sulfide) groups is 1. The van der Waals surface area contributed by atoms with E-state index in [0.29, 0.717) is 24.5 Å². The number of carbonyl (C=O) groups excluding carboxylic acids is 1. The summed E-state index contributed by atoms with van der Waals surface area (Å²) in [6, 6.07) is 1.86. The van der Waals surface area contributed by atoms with E-state index >= 15 is 0 Å². The van der Waals surface area contributed by atoms with Crippen molar-refractivity contribution in [2.24, 2.45) is 0 Å². The second-order valence-electron chi connectivity index (χ2n) is 3.62. The molecule has 0 aromatic carbocycles. The first-order valence-electron chi connectivity index (χ1n) is 5.27. The Morgan fingerprint density at radius 1 is 1.59 bits per heavy atom. The molecule has 1 unspecified atom stereocenters. The smallest absolute Gasteiger partial charge is 0.306 e. The molecule has 0 saturated carbocycles. The van der Waals surface area contributed by atoms with Gasteiger partial charge in [-0.3, -0.25) is 4.79 Å². The Morgan fingerprint density at radius 3 is 3.00 bits per heavy atom. The van der Waals surface area contributed by atoms with Crippen LogP contribution in [-0.4, -0.2) is 30.6 Å². The highest BCUT2D eigenvalue weighted by Crippen LogP contribution is 2.20. The van der Waals surface area contributed by atoms with E-state index in [9.17, 15) is 4.79 Å². The molecular weight excluding hydrogens is 242 g/mol. The number of hydrogen-bond acceptors (Lipinski definition) is 6. The molecule has 1 aromatic rings. The first kappa shape index (κ1) is 14.1. The van der Waals surface area contributed by atoms with E-state index in [0.717, 1.165) is 5.69 Å². The molecule has 5 nitrogen and oxygen atoms in total. The summed E-state index contributed by atoms with van der Waals surface area (Å²) in [6.45, 7) is 2.41. The van der Waals surface area contributed by atoms with E-state index in [-0.39, 0.29) is 11.2 Å². The minimum atomic E-state index is -0.190. The number of carbonyl (C=O) groups is 1. The third-order valence-electron chi connectivity index (χ3n) is 2.09. The molecule has 1 rings (SSSR count). The Hall–Kier alpha value is -1.01. The van der Waals surface area contributed by atoms with E-state index < -0.39 is 0 Å². The number of methoxy groups -OCH3 is 2. The average molecular weight is 259 g/mol. The van der Waals surface area contributed by atoms with Gasteiger partial charge in [0.1, 0.15) is 6.61 Å². The lowest BCUT2D eigenvalue weighted by molar-refractivity contribution is -0.140. The van der Waals surface area contributed by atoms with Crippen LogP contribution in [0.15, 0.2) is 10.6 Å². The second kappa shape index (κ2) is 7.34. The third-order valence-corrected chi connectivity index (χ3v) is 3.29. The number of ether oxygens (including phenoxy) is 2. The van der Waals surface area contributed by atoms with Crippen molar-refractivity contribution in [2.45, 2.75) is 31.0 Å². The van der Waals surface area contributed by atoms with Gasteiger partial charge in [0.2, 0.25) is 0 Å². The highest BCUT2D eigenvalue weighted by atomic mass is 32.2. The van der Waals surface area contributed by atoms with Crippen LogP contribution in [-0.2, 0) is 26.6 Å². The Labute approximate surface area is 105 Å². The van der Waals surface area contributed by atoms with E-state index in [1.807, 2.05) is 13.0 Å². The molecule has 6 heteroatoms. The fourth-order valence-electron chi connectivity index (χ4n) is 1.24. The molecule has 0 aliphatic heterocycles. The molecular formula is C11H17NO4S. The number of esters is 1. The van der Waals surface area contributed by atoms with E-state index in [2.05, 4.69) is 9.89 Å². The normalized spacial score (nSPS) is 12.4. The van der Waals surface area contributed by atoms with Gasteiger partial charge in [0.25, 0.3) is 0 Å². The minimum absolute atomic E-state index is 0.190. The standard InChI is InChI=1S/C11H17NO4S/c1-8(4-11(13)15-3)17-7-9-5-10(6-14-2)16-12-9/h5,8H,4,6-7H2,1-3H3. The van der Waals surface area contributed by atoms with Crippen LogP contribution in [0.3, 0.4) is 0 Å². The van der Waals surface area contributed by atoms with Gasteiger partial charge in [-0.05, 0) is 0 Å². The van der Waals surface area contributed by atoms with Crippen molar-refractivity contribution < 1.29 is 18.8 Å². The number of aromatic nitrogens is 1. The van der Waals surface area contributed by atoms with Crippen LogP contribution in [0.2, 0.25) is 0 Å². The van der Waals surface area contributed by atoms with Crippen molar-refractivity contribution in [2.75, 3.05) is 14.2 Å². The van der Waals surface area contributed by atoms with Crippen LogP contribution < -0.4 is 0 Å². The van der Waals surface area contributed by atoms with Crippen molar-refractivity contribution in [3.05, 3.63) is 17.5 Å². The maximum absolute atomic E-state index is 11.0. The summed E-state index contributed by atoms with van der Waals surface area (Å²) >= 11 is 1.64. The first-order valence-corrected chi connectivity index (χ1v) is 6.32. The summed E-state index contributed by atoms with van der Waals surface area (Å²) in [5.74, 6) is 1.24. The zero-order valence-corrected chi connectivity index (χ0v) is 11.1. The van der Waals surface area contributed by atoms with Crippen LogP contribution >= 0.6 is 11.8 Å². The minimum Gasteiger partial charge on any atom is -0.469 e. The molecule has 0 spiro atoms. The molecule has 0 aliphatic rings. The van der Waals surface area contributed by atoms with Gasteiger partial charge in [0.15, 0.2) is 5.76 Å². The maximum Gasteiger partial charge on any atom is 0.306 e. The van der Waals surface area contributed by atoms with Crippen molar-refractivity contribution in [3.8, 4) is 0 Å². The van der Waals surface area contributed by atoms with Crippen LogP contribution in [0, 0.1) is 0 Å². The molecule has 0 bridgehead atoms. The SMILES string of the molecule is COCc1cc(CSC(C)CC(=O)OC)no1. The molecule has 17 heavy (non-hydrogen) atoms. The first-order chi connectivity index (χ1) is 8.15. The van der Waals surface area contributed by atoms with Gasteiger partial charge in [-0.2, -0.15) is 11.8 Å². The molecule has 0 aliphatic carbocycles. The predicted octanol–water partition coefficient (Wildman–Crippen LogP) is 2.01. The fourth-order valence-corrected chi connectivity index (χ4v) is 2.08. The van der Waals surface area contributed by atoms with Crippen LogP contribution in [0.5, 0.6) is 0 Å². The Bertz CT molecular complexity index is 353. The zero-order valence-electron chi connectivity index (χ0n) is 10.3. The lowest BCUT2D eigenvalue weighted by atomic mass is 10.3. The zero-order chi connectivity index (χ0) is 12.7. The van der Waals surface area contributed by atoms with E-state index in [1.54, 1.807) is 18.9 Å². The van der Waals surface area contributed by atoms with Gasteiger partial charge in [0, 0.05) is 24.2 Å². The van der Waals surface area contributed by atoms with Gasteiger partial charge in [-0.25, -0.2) is 0 Å². The van der Waals surface area contributed by atoms with Crippen molar-refractivity contribution in [3.63, 3.8) is 0 Å². The van der Waals surface area contributed by atoms with E-state index in [4.69, 9.17) is 9.26 Å². The largest absolute Gasteiger partial charge is 0.469 e. The van der Waals surface area contributed by atoms with Crippen LogP contribution in [0.4, 0.5) is 0 Å². The summed E-state index contributed by atoms with van der Waals surface area (Å²) in [6.07, 6.45) is 0.407. The van der Waals surface area contributed by atoms with Gasteiger partial charge >= 0.3 is 5.97 Å². The quantitative estimate of drug-likeness (QED) is 0.698. The molecule has 1 atom stereocenters. The Kier molecular flexibility index (Phi) is 6.07. The Balaban J connectivity index is 2.31. The van der Waals surface area contributed by atoms with Crippen LogP contribution in [0.25, 0.3) is 0 Å². The van der Waals surface area contributed by atoms with Gasteiger partial charge in [0.05, 0.1) is 19.2 Å². The Morgan fingerprint density at radius 2 is 2.35 bits per heavy atom. The lowest BCUT2D eigenvalue weighted by Gasteiger charge is -2.07. The van der Waals surface area contributed by atoms with Crippen LogP contribution in [0.1, 0.15) is 24.8 Å². The summed E-state index contributed by atoms with van der Waals surface area (Å²) in [4.78, 5) is 11.0. The second-order valence-corrected chi connectivity index (χ2v) is 5.05. The summed E-state index contributed by atoms with van der Waals surface area (Å²) in [5.41, 5.74) is 0.860. The number of nitrogens with zero attached hydrogens (tertiary/aromatic N) is 1. The fraction of sp³-hybridized carbons (Fsp3) is 0.636. The van der Waals surface area contributed by atoms with E-state index in [1.165, 1.54) is 7.11 Å². The third kappa shape index (κ3) is 5.23. The van der Waals surface area contributed by atoms with Crippen molar-refractivity contribution >= 4 is 17.7 Å². The molecule has 0 fully saturated rings. The maximum atomic E-state index is 11.0. The molecule has 1 aromatic heterocycles. The number of rotatable bonds is 7. The summed E-state index contributed by atoms with van der Waals surface area (Å²) in [7, 11) is 3.00. The molecule has 0 saturated heterocycles. The van der Waals surface area contributed by atoms with Gasteiger partial charge < -0.3 is 14.0 Å². The van der Waals surface area contributed by atoms with Gasteiger partial charge in [-0.1, -0.05) is 12.1 Å². The lowest BCUT2D eigenvalue weighted by Crippen LogP contribution is -2.08. The average Bonchev–Trinajstić information content (AvgIpc) is 2.74. The topological polar surface area (TPSA) is 61.6 Å². The van der Waals surface area contributed by atoms with Crippen molar-refractivity contribution in [1.82, 2.24) is 5.16 Å². The highest BCUT2D eigenvalue weighted by molar-refractivity contribution is 7.99. The monoisotopic (exact) mass is 259 g/mol. The molecule has 0 radical (unpaired) electrons. The summed E-state index contributed by atoms with van der Waals surface area (Å²) in [5, 5.41) is 4.11. The molecule has 0 amide bonds.